The predicted octanol–water partition coefficient (Wildman–Crippen LogP) is 5.27. The Morgan fingerprint density at radius 1 is 1.00 bits per heavy atom. The van der Waals surface area contributed by atoms with Crippen LogP contribution in [0.5, 0.6) is 0 Å². The summed E-state index contributed by atoms with van der Waals surface area (Å²) in [6.45, 7) is 11.1. The molecule has 0 bridgehead atoms. The average molecular weight is 688 g/mol. The first-order valence-electron chi connectivity index (χ1n) is 15.4. The smallest absolute Gasteiger partial charge is 0.381 e. The number of carbonyl (C=O) groups is 2. The first-order valence-corrected chi connectivity index (χ1v) is 15.4. The Morgan fingerprint density at radius 2 is 1.70 bits per heavy atom. The topological polar surface area (TPSA) is 123 Å². The molecule has 11 nitrogen and oxygen atoms in total. The molecule has 0 radical (unpaired) electrons. The van der Waals surface area contributed by atoms with E-state index in [0.717, 1.165) is 28.7 Å². The number of nitrogens with zero attached hydrogens (tertiary/aromatic N) is 7. The van der Waals surface area contributed by atoms with Crippen LogP contribution in [0, 0.1) is 5.82 Å². The van der Waals surface area contributed by atoms with Crippen molar-refractivity contribution in [1.29, 1.82) is 0 Å². The van der Waals surface area contributed by atoms with Crippen molar-refractivity contribution >= 4 is 17.6 Å². The van der Waals surface area contributed by atoms with Gasteiger partial charge in [0.1, 0.15) is 17.6 Å². The van der Waals surface area contributed by atoms with Gasteiger partial charge in [-0.25, -0.2) is 19.0 Å². The molecule has 2 N–H and O–H groups in total. The number of aromatic nitrogens is 6. The van der Waals surface area contributed by atoms with E-state index in [0.29, 0.717) is 31.5 Å². The Kier molecular flexibility index (Phi) is 10.8. The molecule has 1 unspecified atom stereocenters. The van der Waals surface area contributed by atoms with Gasteiger partial charge in [0.25, 0.3) is 11.8 Å². The Balaban J connectivity index is 0.000000219. The molecule has 1 aliphatic rings. The van der Waals surface area contributed by atoms with Crippen molar-refractivity contribution in [3.8, 4) is 5.69 Å². The number of fused-ring (bicyclic) bond motifs is 1. The Labute approximate surface area is 285 Å². The van der Waals surface area contributed by atoms with Crippen molar-refractivity contribution in [3.05, 3.63) is 144 Å². The van der Waals surface area contributed by atoms with Crippen LogP contribution in [0.3, 0.4) is 0 Å². The molecule has 0 saturated carbocycles. The lowest BCUT2D eigenvalue weighted by molar-refractivity contribution is -0.141. The summed E-state index contributed by atoms with van der Waals surface area (Å²) in [5.41, 5.74) is 2.94. The molecule has 3 aromatic heterocycles. The van der Waals surface area contributed by atoms with Gasteiger partial charge < -0.3 is 10.6 Å². The molecule has 50 heavy (non-hydrogen) atoms. The zero-order chi connectivity index (χ0) is 35.8. The number of amides is 2. The molecule has 258 valence electrons. The molecule has 4 heterocycles. The first kappa shape index (κ1) is 35.2. The van der Waals surface area contributed by atoms with Crippen LogP contribution in [-0.4, -0.2) is 53.9 Å². The third-order valence-corrected chi connectivity index (χ3v) is 7.56. The van der Waals surface area contributed by atoms with Crippen LogP contribution in [0.1, 0.15) is 34.4 Å². The zero-order valence-electron chi connectivity index (χ0n) is 26.9. The fraction of sp³-hybridized carbons (Fsp3) is 0.200. The summed E-state index contributed by atoms with van der Waals surface area (Å²) in [6, 6.07) is 19.0. The van der Waals surface area contributed by atoms with Crippen LogP contribution in [0.2, 0.25) is 0 Å². The van der Waals surface area contributed by atoms with Crippen LogP contribution >= 0.6 is 0 Å². The summed E-state index contributed by atoms with van der Waals surface area (Å²) in [5.74, 6) is -1.76. The lowest BCUT2D eigenvalue weighted by atomic mass is 10.0. The maximum absolute atomic E-state index is 13.0. The van der Waals surface area contributed by atoms with E-state index in [9.17, 15) is 27.2 Å². The lowest BCUT2D eigenvalue weighted by Crippen LogP contribution is -2.53. The highest BCUT2D eigenvalue weighted by molar-refractivity contribution is 6.03. The Morgan fingerprint density at radius 3 is 2.34 bits per heavy atom. The van der Waals surface area contributed by atoms with Gasteiger partial charge in [-0.1, -0.05) is 61.7 Å². The van der Waals surface area contributed by atoms with Gasteiger partial charge in [0.2, 0.25) is 5.82 Å². The minimum Gasteiger partial charge on any atom is -0.381 e. The number of rotatable bonds is 10. The fourth-order valence-electron chi connectivity index (χ4n) is 5.08. The number of alkyl halides is 3. The lowest BCUT2D eigenvalue weighted by Gasteiger charge is -2.32. The molecular formula is C35H33F4N9O2. The van der Waals surface area contributed by atoms with E-state index < -0.39 is 35.6 Å². The molecule has 15 heteroatoms. The van der Waals surface area contributed by atoms with E-state index in [2.05, 4.69) is 44.0 Å². The van der Waals surface area contributed by atoms with Gasteiger partial charge in [0, 0.05) is 37.0 Å². The molecule has 2 aromatic carbocycles. The van der Waals surface area contributed by atoms with Gasteiger partial charge in [-0.3, -0.25) is 19.2 Å². The SMILES string of the molecule is C=C(Cn1cc(F)cn1)C(=C)NCc1ccccc1.CCN1C(=O)C(NC(=O)c2nccc(C(F)(F)F)n2)Cc2cnn(-c3ccccc3)c21. The fourth-order valence-corrected chi connectivity index (χ4v) is 5.08. The van der Waals surface area contributed by atoms with Gasteiger partial charge in [-0.2, -0.15) is 23.4 Å². The summed E-state index contributed by atoms with van der Waals surface area (Å²) >= 11 is 0. The molecule has 0 saturated heterocycles. The molecule has 0 aliphatic carbocycles. The standard InChI is InChI=1S/C20H17F3N6O2.C15H16FN3/c1-2-28-18-12(11-25-29(18)13-6-4-3-5-7-13)10-14(19(28)31)26-17(30)16-24-9-8-15(27-16)20(21,22)23;1-12(10-19-11-15(16)9-18-19)13(2)17-8-14-6-4-3-5-7-14/h3-9,11,14H,2,10H2,1H3,(H,26,30);3-7,9,11,17H,1-2,8,10H2. The quantitative estimate of drug-likeness (QED) is 0.152. The van der Waals surface area contributed by atoms with E-state index in [1.807, 2.05) is 60.7 Å². The van der Waals surface area contributed by atoms with Crippen molar-refractivity contribution in [2.24, 2.45) is 0 Å². The van der Waals surface area contributed by atoms with Crippen molar-refractivity contribution in [2.75, 3.05) is 11.4 Å². The molecule has 5 aromatic rings. The van der Waals surface area contributed by atoms with Crippen molar-refractivity contribution in [3.63, 3.8) is 0 Å². The summed E-state index contributed by atoms with van der Waals surface area (Å²) in [4.78, 5) is 33.9. The summed E-state index contributed by atoms with van der Waals surface area (Å²) in [7, 11) is 0. The average Bonchev–Trinajstić information content (AvgIpc) is 3.73. The minimum absolute atomic E-state index is 0.141. The zero-order valence-corrected chi connectivity index (χ0v) is 26.9. The van der Waals surface area contributed by atoms with E-state index in [-0.39, 0.29) is 12.2 Å². The molecule has 0 fully saturated rings. The number of benzene rings is 2. The third kappa shape index (κ3) is 8.47. The number of allylic oxidation sites excluding steroid dienone is 1. The molecule has 6 rings (SSSR count). The highest BCUT2D eigenvalue weighted by Gasteiger charge is 2.37. The van der Waals surface area contributed by atoms with Crippen LogP contribution in [0.15, 0.2) is 116 Å². The highest BCUT2D eigenvalue weighted by Crippen LogP contribution is 2.31. The van der Waals surface area contributed by atoms with Crippen molar-refractivity contribution in [1.82, 2.24) is 40.2 Å². The van der Waals surface area contributed by atoms with E-state index in [1.54, 1.807) is 17.8 Å². The summed E-state index contributed by atoms with van der Waals surface area (Å²) in [5, 5.41) is 13.9. The Bertz CT molecular complexity index is 1970. The molecule has 1 aliphatic heterocycles. The number of hydrogen-bond acceptors (Lipinski definition) is 7. The van der Waals surface area contributed by atoms with E-state index >= 15 is 0 Å². The second-order valence-electron chi connectivity index (χ2n) is 11.1. The number of hydrogen-bond donors (Lipinski definition) is 2. The van der Waals surface area contributed by atoms with Crippen LogP contribution in [0.25, 0.3) is 5.69 Å². The largest absolute Gasteiger partial charge is 0.433 e. The summed E-state index contributed by atoms with van der Waals surface area (Å²) < 4.78 is 54.5. The van der Waals surface area contributed by atoms with E-state index in [1.165, 1.54) is 27.5 Å². The van der Waals surface area contributed by atoms with Crippen molar-refractivity contribution in [2.45, 2.75) is 38.7 Å². The second kappa shape index (κ2) is 15.4. The Hall–Kier alpha value is -6.12. The number of carbonyl (C=O) groups excluding carboxylic acids is 2. The predicted molar refractivity (Wildman–Crippen MR) is 177 cm³/mol. The maximum atomic E-state index is 13.0. The molecule has 0 spiro atoms. The molecule has 2 amide bonds. The van der Waals surface area contributed by atoms with Crippen LogP contribution in [-0.2, 0) is 30.5 Å². The number of likely N-dealkylation sites (N-methyl/N-ethyl adjacent to an activating group) is 1. The number of para-hydroxylation sites is 1. The number of anilines is 1. The summed E-state index contributed by atoms with van der Waals surface area (Å²) in [6.07, 6.45) is 0.398. The monoisotopic (exact) mass is 687 g/mol. The molecule has 1 atom stereocenters. The van der Waals surface area contributed by atoms with Gasteiger partial charge in [0.05, 0.1) is 30.8 Å². The van der Waals surface area contributed by atoms with E-state index in [4.69, 9.17) is 0 Å². The minimum atomic E-state index is -4.71. The number of nitrogens with one attached hydrogen (secondary N) is 2. The second-order valence-corrected chi connectivity index (χ2v) is 11.1. The van der Waals surface area contributed by atoms with Crippen LogP contribution in [0.4, 0.5) is 23.4 Å². The molecular weight excluding hydrogens is 654 g/mol. The van der Waals surface area contributed by atoms with Gasteiger partial charge in [0.15, 0.2) is 5.82 Å². The first-order chi connectivity index (χ1) is 23.9. The van der Waals surface area contributed by atoms with Crippen molar-refractivity contribution < 1.29 is 27.2 Å². The van der Waals surface area contributed by atoms with Crippen LogP contribution < -0.4 is 15.5 Å². The number of halogens is 4. The maximum Gasteiger partial charge on any atom is 0.433 e. The highest BCUT2D eigenvalue weighted by atomic mass is 19.4. The van der Waals surface area contributed by atoms with Gasteiger partial charge in [-0.05, 0) is 36.3 Å². The van der Waals surface area contributed by atoms with Gasteiger partial charge >= 0.3 is 6.18 Å². The third-order valence-electron chi connectivity index (χ3n) is 7.56. The normalized spacial score (nSPS) is 13.9. The van der Waals surface area contributed by atoms with Gasteiger partial charge in [-0.15, -0.1) is 0 Å².